The predicted molar refractivity (Wildman–Crippen MR) is 51.7 cm³/mol. The Morgan fingerprint density at radius 3 is 2.36 bits per heavy atom. The molecule has 0 bridgehead atoms. The van der Waals surface area contributed by atoms with Gasteiger partial charge in [0.25, 0.3) is 0 Å². The van der Waals surface area contributed by atoms with Gasteiger partial charge in [0.1, 0.15) is 12.2 Å². The molecule has 1 unspecified atom stereocenters. The van der Waals surface area contributed by atoms with Gasteiger partial charge in [-0.2, -0.15) is 0 Å². The lowest BCUT2D eigenvalue weighted by Gasteiger charge is -2.13. The molecule has 0 fully saturated rings. The van der Waals surface area contributed by atoms with Crippen molar-refractivity contribution in [3.8, 4) is 0 Å². The molecule has 0 aliphatic rings. The lowest BCUT2D eigenvalue weighted by atomic mass is 10.1. The average molecular weight is 202 g/mol. The number of carbonyl (C=O) groups excluding carboxylic acids is 2. The van der Waals surface area contributed by atoms with E-state index in [1.165, 1.54) is 6.92 Å². The van der Waals surface area contributed by atoms with Crippen molar-refractivity contribution < 1.29 is 19.4 Å². The molecule has 0 aromatic rings. The van der Waals surface area contributed by atoms with E-state index in [2.05, 4.69) is 0 Å². The van der Waals surface area contributed by atoms with Crippen molar-refractivity contribution in [2.24, 2.45) is 5.92 Å². The highest BCUT2D eigenvalue weighted by Gasteiger charge is 2.11. The Hall–Kier alpha value is -0.900. The maximum Gasteiger partial charge on any atom is 0.313 e. The zero-order valence-corrected chi connectivity index (χ0v) is 8.95. The van der Waals surface area contributed by atoms with Gasteiger partial charge in [-0.3, -0.25) is 9.59 Å². The largest absolute Gasteiger partial charge is 0.465 e. The van der Waals surface area contributed by atoms with Gasteiger partial charge in [-0.05, 0) is 12.8 Å². The van der Waals surface area contributed by atoms with Crippen molar-refractivity contribution in [3.05, 3.63) is 0 Å². The summed E-state index contributed by atoms with van der Waals surface area (Å²) in [5.41, 5.74) is 0. The Labute approximate surface area is 84.3 Å². The molecule has 1 N–H and O–H groups in total. The van der Waals surface area contributed by atoms with Gasteiger partial charge >= 0.3 is 5.97 Å². The summed E-state index contributed by atoms with van der Waals surface area (Å²) in [7, 11) is 0. The molecular weight excluding hydrogens is 184 g/mol. The second-order valence-corrected chi connectivity index (χ2v) is 3.70. The molecule has 1 atom stereocenters. The lowest BCUT2D eigenvalue weighted by Crippen LogP contribution is -2.19. The Balaban J connectivity index is 3.54. The van der Waals surface area contributed by atoms with Gasteiger partial charge in [0.2, 0.25) is 0 Å². The van der Waals surface area contributed by atoms with Gasteiger partial charge in [0, 0.05) is 6.42 Å². The Kier molecular flexibility index (Phi) is 6.12. The van der Waals surface area contributed by atoms with Crippen LogP contribution >= 0.6 is 0 Å². The summed E-state index contributed by atoms with van der Waals surface area (Å²) in [5, 5.41) is 9.36. The summed E-state index contributed by atoms with van der Waals surface area (Å²) in [6.45, 7) is 5.29. The fraction of sp³-hybridized carbons (Fsp3) is 0.800. The van der Waals surface area contributed by atoms with Crippen LogP contribution in [0.5, 0.6) is 0 Å². The number of Topliss-reactive ketones (excluding diaryl/α,β-unsaturated/α-hetero) is 1. The third-order valence-corrected chi connectivity index (χ3v) is 1.84. The van der Waals surface area contributed by atoms with E-state index in [1.54, 1.807) is 0 Å². The van der Waals surface area contributed by atoms with Gasteiger partial charge in [0.05, 0.1) is 12.7 Å². The molecule has 0 saturated carbocycles. The van der Waals surface area contributed by atoms with Gasteiger partial charge in [-0.1, -0.05) is 13.8 Å². The number of hydrogen-bond donors (Lipinski definition) is 1. The van der Waals surface area contributed by atoms with Crippen LogP contribution in [0.15, 0.2) is 0 Å². The Bertz CT molecular complexity index is 198. The molecule has 0 aliphatic carbocycles. The fourth-order valence-electron chi connectivity index (χ4n) is 0.881. The van der Waals surface area contributed by atoms with Gasteiger partial charge in [0.15, 0.2) is 0 Å². The van der Waals surface area contributed by atoms with E-state index in [1.807, 2.05) is 13.8 Å². The van der Waals surface area contributed by atoms with Gasteiger partial charge in [-0.25, -0.2) is 0 Å². The van der Waals surface area contributed by atoms with Crippen molar-refractivity contribution in [2.75, 3.05) is 6.61 Å². The molecular formula is C10H18O4. The molecule has 0 amide bonds. The van der Waals surface area contributed by atoms with Crippen LogP contribution in [0.2, 0.25) is 0 Å². The molecule has 0 aromatic carbocycles. The molecule has 0 aliphatic heterocycles. The van der Waals surface area contributed by atoms with Gasteiger partial charge in [-0.15, -0.1) is 0 Å². The number of carbonyl (C=O) groups is 2. The number of rotatable bonds is 6. The van der Waals surface area contributed by atoms with Crippen LogP contribution in [0.25, 0.3) is 0 Å². The van der Waals surface area contributed by atoms with Crippen LogP contribution < -0.4 is 0 Å². The summed E-state index contributed by atoms with van der Waals surface area (Å²) in [4.78, 5) is 21.4. The normalized spacial score (nSPS) is 12.6. The van der Waals surface area contributed by atoms with Crippen LogP contribution in [0, 0.1) is 5.92 Å². The first-order valence-electron chi connectivity index (χ1n) is 4.76. The minimum Gasteiger partial charge on any atom is -0.465 e. The smallest absolute Gasteiger partial charge is 0.313 e. The molecule has 0 aromatic heterocycles. The second kappa shape index (κ2) is 6.54. The first kappa shape index (κ1) is 13.1. The summed E-state index contributed by atoms with van der Waals surface area (Å²) < 4.78 is 4.75. The third-order valence-electron chi connectivity index (χ3n) is 1.84. The van der Waals surface area contributed by atoms with E-state index in [-0.39, 0.29) is 24.7 Å². The monoisotopic (exact) mass is 202 g/mol. The highest BCUT2D eigenvalue weighted by Crippen LogP contribution is 2.05. The number of ether oxygens (including phenoxy) is 1. The van der Waals surface area contributed by atoms with Crippen LogP contribution in [-0.2, 0) is 14.3 Å². The molecule has 0 rings (SSSR count). The van der Waals surface area contributed by atoms with Crippen LogP contribution in [0.3, 0.4) is 0 Å². The average Bonchev–Trinajstić information content (AvgIpc) is 2.02. The van der Waals surface area contributed by atoms with Crippen molar-refractivity contribution in [2.45, 2.75) is 39.7 Å². The molecule has 0 radical (unpaired) electrons. The molecule has 4 nitrogen and oxygen atoms in total. The predicted octanol–water partition coefficient (Wildman–Crippen LogP) is 0.916. The van der Waals surface area contributed by atoms with Crippen molar-refractivity contribution in [3.63, 3.8) is 0 Å². The van der Waals surface area contributed by atoms with Crippen LogP contribution in [-0.4, -0.2) is 29.6 Å². The second-order valence-electron chi connectivity index (χ2n) is 3.70. The quantitative estimate of drug-likeness (QED) is 0.513. The summed E-state index contributed by atoms with van der Waals surface area (Å²) in [6, 6.07) is 0. The first-order valence-corrected chi connectivity index (χ1v) is 4.76. The van der Waals surface area contributed by atoms with E-state index >= 15 is 0 Å². The minimum absolute atomic E-state index is 0.154. The Morgan fingerprint density at radius 2 is 1.93 bits per heavy atom. The van der Waals surface area contributed by atoms with E-state index in [4.69, 9.17) is 4.74 Å². The zero-order chi connectivity index (χ0) is 11.1. The fourth-order valence-corrected chi connectivity index (χ4v) is 0.881. The number of esters is 1. The third kappa shape index (κ3) is 6.60. The molecule has 0 saturated heterocycles. The van der Waals surface area contributed by atoms with E-state index in [9.17, 15) is 14.7 Å². The first-order chi connectivity index (χ1) is 6.43. The number of aliphatic hydroxyl groups excluding tert-OH is 1. The number of aliphatic hydroxyl groups is 1. The molecule has 14 heavy (non-hydrogen) atoms. The summed E-state index contributed by atoms with van der Waals surface area (Å²) in [5.74, 6) is -0.575. The number of ketones is 1. The Morgan fingerprint density at radius 1 is 1.36 bits per heavy atom. The standard InChI is InChI=1S/C10H18O4/c1-7(2)9(12)4-5-14-10(13)6-8(3)11/h7,9,12H,4-6H2,1-3H3. The van der Waals surface area contributed by atoms with E-state index < -0.39 is 12.1 Å². The van der Waals surface area contributed by atoms with Crippen molar-refractivity contribution >= 4 is 11.8 Å². The van der Waals surface area contributed by atoms with Gasteiger partial charge < -0.3 is 9.84 Å². The SMILES string of the molecule is CC(=O)CC(=O)OCCC(O)C(C)C. The molecule has 0 heterocycles. The summed E-state index contributed by atoms with van der Waals surface area (Å²) >= 11 is 0. The zero-order valence-electron chi connectivity index (χ0n) is 8.95. The number of hydrogen-bond acceptors (Lipinski definition) is 4. The lowest BCUT2D eigenvalue weighted by molar-refractivity contribution is -0.146. The molecule has 82 valence electrons. The molecule has 4 heteroatoms. The molecule has 0 spiro atoms. The topological polar surface area (TPSA) is 63.6 Å². The van der Waals surface area contributed by atoms with Crippen LogP contribution in [0.4, 0.5) is 0 Å². The summed E-state index contributed by atoms with van der Waals surface area (Å²) in [6.07, 6.45) is -0.223. The van der Waals surface area contributed by atoms with Crippen molar-refractivity contribution in [1.29, 1.82) is 0 Å². The highest BCUT2D eigenvalue weighted by molar-refractivity contribution is 5.94. The maximum absolute atomic E-state index is 10.9. The van der Waals surface area contributed by atoms with E-state index in [0.717, 1.165) is 0 Å². The minimum atomic E-state index is -0.520. The van der Waals surface area contributed by atoms with Crippen molar-refractivity contribution in [1.82, 2.24) is 0 Å². The highest BCUT2D eigenvalue weighted by atomic mass is 16.5. The maximum atomic E-state index is 10.9. The van der Waals surface area contributed by atoms with Crippen LogP contribution in [0.1, 0.15) is 33.6 Å². The van der Waals surface area contributed by atoms with E-state index in [0.29, 0.717) is 6.42 Å².